The van der Waals surface area contributed by atoms with Crippen LogP contribution in [0.4, 0.5) is 0 Å². The van der Waals surface area contributed by atoms with E-state index in [9.17, 15) is 9.59 Å². The summed E-state index contributed by atoms with van der Waals surface area (Å²) < 4.78 is 15.5. The van der Waals surface area contributed by atoms with E-state index in [-0.39, 0.29) is 18.6 Å². The third-order valence-corrected chi connectivity index (χ3v) is 8.17. The Balaban J connectivity index is 1.44. The van der Waals surface area contributed by atoms with Crippen molar-refractivity contribution >= 4 is 22.7 Å². The van der Waals surface area contributed by atoms with E-state index in [0.29, 0.717) is 18.5 Å². The number of rotatable bonds is 15. The molecular formula is C36H41NO5. The number of hydrogen-bond donors (Lipinski definition) is 1. The van der Waals surface area contributed by atoms with E-state index >= 15 is 0 Å². The number of carbonyl (C=O) groups is 2. The minimum atomic E-state index is -0.869. The van der Waals surface area contributed by atoms with E-state index in [1.54, 1.807) is 0 Å². The number of para-hydroxylation sites is 1. The molecule has 0 saturated heterocycles. The number of unbranched alkanes of at least 4 members (excludes halogenated alkanes) is 3. The summed E-state index contributed by atoms with van der Waals surface area (Å²) in [7, 11) is 0. The number of benzene rings is 3. The standard InChI is InChI=1S/C36H41NO5/c1-3-5-6-12-22-36(27-15-8-7-9-16-27)41-33-21-20-26(28(14-4-2)35(33)42-36)24-32(38)30-25-37(23-13-19-34(39)40)31-18-11-10-17-29(30)31/h7-11,15-18,20-21,25H,3-6,12-14,19,22-24H2,1-2H3,(H,39,40). The van der Waals surface area contributed by atoms with E-state index in [4.69, 9.17) is 14.6 Å². The summed E-state index contributed by atoms with van der Waals surface area (Å²) in [6, 6.07) is 22.0. The molecule has 5 rings (SSSR count). The van der Waals surface area contributed by atoms with Crippen molar-refractivity contribution in [2.45, 2.75) is 90.4 Å². The van der Waals surface area contributed by atoms with Gasteiger partial charge in [0, 0.05) is 59.6 Å². The fourth-order valence-electron chi connectivity index (χ4n) is 6.06. The molecule has 3 aromatic carbocycles. The Morgan fingerprint density at radius 1 is 0.857 bits per heavy atom. The quantitative estimate of drug-likeness (QED) is 0.115. The van der Waals surface area contributed by atoms with Crippen molar-refractivity contribution < 1.29 is 24.2 Å². The third kappa shape index (κ3) is 6.23. The number of carbonyl (C=O) groups excluding carboxylic acids is 1. The molecule has 1 aliphatic rings. The van der Waals surface area contributed by atoms with Crippen molar-refractivity contribution in [3.8, 4) is 11.5 Å². The zero-order valence-corrected chi connectivity index (χ0v) is 24.7. The molecule has 0 fully saturated rings. The Morgan fingerprint density at radius 2 is 1.64 bits per heavy atom. The number of Topliss-reactive ketones (excluding diaryl/α,β-unsaturated/α-hetero) is 1. The SMILES string of the molecule is CCCCCCC1(c2ccccc2)Oc2ccc(CC(=O)c3cn(CCCC(=O)O)c4ccccc34)c(CCC)c2O1. The molecule has 220 valence electrons. The number of ether oxygens (including phenoxy) is 2. The van der Waals surface area contributed by atoms with Gasteiger partial charge < -0.3 is 19.1 Å². The minimum Gasteiger partial charge on any atom is -0.481 e. The first-order valence-electron chi connectivity index (χ1n) is 15.4. The molecule has 2 heterocycles. The zero-order valence-electron chi connectivity index (χ0n) is 24.7. The van der Waals surface area contributed by atoms with Crippen molar-refractivity contribution in [2.75, 3.05) is 0 Å². The van der Waals surface area contributed by atoms with Gasteiger partial charge in [0.05, 0.1) is 0 Å². The Labute approximate surface area is 248 Å². The Morgan fingerprint density at radius 3 is 2.40 bits per heavy atom. The average molecular weight is 568 g/mol. The van der Waals surface area contributed by atoms with Crippen LogP contribution in [0.1, 0.15) is 92.3 Å². The van der Waals surface area contributed by atoms with Crippen LogP contribution in [-0.2, 0) is 30.0 Å². The zero-order chi connectivity index (χ0) is 29.5. The first kappa shape index (κ1) is 29.4. The summed E-state index contributed by atoms with van der Waals surface area (Å²) >= 11 is 0. The van der Waals surface area contributed by atoms with Crippen LogP contribution >= 0.6 is 0 Å². The monoisotopic (exact) mass is 567 g/mol. The normalized spacial score (nSPS) is 15.8. The van der Waals surface area contributed by atoms with Gasteiger partial charge in [0.25, 0.3) is 5.79 Å². The van der Waals surface area contributed by atoms with Crippen molar-refractivity contribution in [2.24, 2.45) is 0 Å². The first-order chi connectivity index (χ1) is 20.5. The van der Waals surface area contributed by atoms with Crippen LogP contribution in [-0.4, -0.2) is 21.4 Å². The second kappa shape index (κ2) is 13.3. The maximum absolute atomic E-state index is 13.9. The van der Waals surface area contributed by atoms with Gasteiger partial charge in [0.2, 0.25) is 0 Å². The van der Waals surface area contributed by atoms with Crippen LogP contribution in [0.3, 0.4) is 0 Å². The largest absolute Gasteiger partial charge is 0.481 e. The Hall–Kier alpha value is -4.06. The summed E-state index contributed by atoms with van der Waals surface area (Å²) in [6.45, 7) is 4.90. The van der Waals surface area contributed by atoms with Crippen LogP contribution in [0.5, 0.6) is 11.5 Å². The number of carboxylic acids is 1. The first-order valence-corrected chi connectivity index (χ1v) is 15.4. The topological polar surface area (TPSA) is 77.8 Å². The lowest BCUT2D eigenvalue weighted by Gasteiger charge is -2.28. The van der Waals surface area contributed by atoms with E-state index < -0.39 is 11.8 Å². The van der Waals surface area contributed by atoms with Gasteiger partial charge in [-0.05, 0) is 37.0 Å². The van der Waals surface area contributed by atoms with E-state index in [2.05, 4.69) is 26.0 Å². The van der Waals surface area contributed by atoms with Gasteiger partial charge in [-0.3, -0.25) is 9.59 Å². The highest BCUT2D eigenvalue weighted by Gasteiger charge is 2.44. The lowest BCUT2D eigenvalue weighted by molar-refractivity contribution is -0.137. The molecule has 0 saturated carbocycles. The average Bonchev–Trinajstić information content (AvgIpc) is 3.57. The van der Waals surface area contributed by atoms with Crippen molar-refractivity contribution in [1.29, 1.82) is 0 Å². The van der Waals surface area contributed by atoms with Crippen LogP contribution in [0.2, 0.25) is 0 Å². The lowest BCUT2D eigenvalue weighted by Crippen LogP contribution is -2.35. The maximum atomic E-state index is 13.9. The Kier molecular flexibility index (Phi) is 9.31. The van der Waals surface area contributed by atoms with Gasteiger partial charge in [0.1, 0.15) is 0 Å². The number of aliphatic carboxylic acids is 1. The van der Waals surface area contributed by atoms with Crippen LogP contribution in [0.15, 0.2) is 72.9 Å². The highest BCUT2D eigenvalue weighted by Crippen LogP contribution is 2.49. The van der Waals surface area contributed by atoms with Crippen molar-refractivity contribution in [3.63, 3.8) is 0 Å². The third-order valence-electron chi connectivity index (χ3n) is 8.17. The van der Waals surface area contributed by atoms with E-state index in [1.165, 1.54) is 12.8 Å². The number of carboxylic acid groups (broad SMARTS) is 1. The summed E-state index contributed by atoms with van der Waals surface area (Å²) in [4.78, 5) is 24.9. The molecule has 6 nitrogen and oxygen atoms in total. The predicted molar refractivity (Wildman–Crippen MR) is 165 cm³/mol. The summed E-state index contributed by atoms with van der Waals surface area (Å²) in [6.07, 6.45) is 9.67. The van der Waals surface area contributed by atoms with Crippen LogP contribution in [0.25, 0.3) is 10.9 Å². The van der Waals surface area contributed by atoms with E-state index in [0.717, 1.165) is 71.2 Å². The molecule has 0 aliphatic carbocycles. The highest BCUT2D eigenvalue weighted by molar-refractivity contribution is 6.09. The molecule has 1 atom stereocenters. The van der Waals surface area contributed by atoms with E-state index in [1.807, 2.05) is 65.4 Å². The summed E-state index contributed by atoms with van der Waals surface area (Å²) in [5, 5.41) is 9.97. The van der Waals surface area contributed by atoms with Crippen LogP contribution < -0.4 is 9.47 Å². The lowest BCUT2D eigenvalue weighted by atomic mass is 9.95. The molecule has 4 aromatic rings. The molecule has 0 bridgehead atoms. The van der Waals surface area contributed by atoms with Gasteiger partial charge >= 0.3 is 5.97 Å². The summed E-state index contributed by atoms with van der Waals surface area (Å²) in [5.74, 6) is -0.146. The van der Waals surface area contributed by atoms with Gasteiger partial charge in [-0.25, -0.2) is 0 Å². The van der Waals surface area contributed by atoms with Gasteiger partial charge in [-0.1, -0.05) is 94.1 Å². The number of aromatic nitrogens is 1. The molecule has 0 amide bonds. The molecule has 0 spiro atoms. The number of nitrogens with zero attached hydrogens (tertiary/aromatic N) is 1. The molecule has 1 aromatic heterocycles. The molecular weight excluding hydrogens is 526 g/mol. The fraction of sp³-hybridized carbons (Fsp3) is 0.389. The molecule has 1 unspecified atom stereocenters. The second-order valence-electron chi connectivity index (χ2n) is 11.3. The maximum Gasteiger partial charge on any atom is 0.303 e. The van der Waals surface area contributed by atoms with Gasteiger partial charge in [-0.15, -0.1) is 0 Å². The molecule has 1 aliphatic heterocycles. The molecule has 42 heavy (non-hydrogen) atoms. The Bertz CT molecular complexity index is 1540. The van der Waals surface area contributed by atoms with Crippen molar-refractivity contribution in [1.82, 2.24) is 4.57 Å². The second-order valence-corrected chi connectivity index (χ2v) is 11.3. The molecule has 0 radical (unpaired) electrons. The highest BCUT2D eigenvalue weighted by atomic mass is 16.7. The number of hydrogen-bond acceptors (Lipinski definition) is 4. The predicted octanol–water partition coefficient (Wildman–Crippen LogP) is 8.48. The number of ketones is 1. The number of aryl methyl sites for hydroxylation is 1. The smallest absolute Gasteiger partial charge is 0.303 e. The van der Waals surface area contributed by atoms with Gasteiger partial charge in [0.15, 0.2) is 17.3 Å². The molecule has 6 heteroatoms. The minimum absolute atomic E-state index is 0.0355. The van der Waals surface area contributed by atoms with Crippen LogP contribution in [0, 0.1) is 0 Å². The fourth-order valence-corrected chi connectivity index (χ4v) is 6.06. The number of fused-ring (bicyclic) bond motifs is 2. The summed E-state index contributed by atoms with van der Waals surface area (Å²) in [5.41, 5.74) is 4.62. The van der Waals surface area contributed by atoms with Crippen molar-refractivity contribution in [3.05, 3.63) is 95.2 Å². The molecule has 1 N–H and O–H groups in total. The van der Waals surface area contributed by atoms with Gasteiger partial charge in [-0.2, -0.15) is 0 Å².